The van der Waals surface area contributed by atoms with Crippen molar-refractivity contribution in [1.29, 1.82) is 0 Å². The molecule has 1 N–H and O–H groups in total. The number of benzene rings is 1. The van der Waals surface area contributed by atoms with Crippen LogP contribution in [0.3, 0.4) is 0 Å². The fraction of sp³-hybridized carbons (Fsp3) is 0.704. The Balaban J connectivity index is 1.79. The molecule has 0 spiro atoms. The first-order valence-corrected chi connectivity index (χ1v) is 14.9. The van der Waals surface area contributed by atoms with Crippen molar-refractivity contribution >= 4 is 21.7 Å². The van der Waals surface area contributed by atoms with E-state index in [0.717, 1.165) is 6.42 Å². The van der Waals surface area contributed by atoms with Crippen LogP contribution >= 0.6 is 0 Å². The summed E-state index contributed by atoms with van der Waals surface area (Å²) in [4.78, 5) is 29.9. The van der Waals surface area contributed by atoms with Gasteiger partial charge in [-0.3, -0.25) is 9.59 Å². The Hall–Kier alpha value is -2.21. The van der Waals surface area contributed by atoms with E-state index in [0.29, 0.717) is 31.0 Å². The highest BCUT2D eigenvalue weighted by Gasteiger charge is 2.45. The summed E-state index contributed by atoms with van der Waals surface area (Å²) in [6.07, 6.45) is -2.65. The van der Waals surface area contributed by atoms with Crippen LogP contribution in [-0.2, 0) is 20.8 Å². The van der Waals surface area contributed by atoms with E-state index in [-0.39, 0.29) is 42.8 Å². The molecule has 1 aliphatic carbocycles. The minimum absolute atomic E-state index is 0.0755. The van der Waals surface area contributed by atoms with Gasteiger partial charge in [0.25, 0.3) is 5.91 Å². The lowest BCUT2D eigenvalue weighted by Gasteiger charge is -2.45. The largest absolute Gasteiger partial charge is 0.416 e. The second-order valence-corrected chi connectivity index (χ2v) is 14.8. The number of nitrogens with zero attached hydrogens (tertiary/aromatic N) is 2. The van der Waals surface area contributed by atoms with E-state index in [4.69, 9.17) is 0 Å². The van der Waals surface area contributed by atoms with Crippen molar-refractivity contribution in [2.24, 2.45) is 5.92 Å². The monoisotopic (exact) mass is 577 g/mol. The number of rotatable bonds is 7. The topological polar surface area (TPSA) is 86.8 Å². The number of carbonyl (C=O) groups excluding carboxylic acids is 2. The van der Waals surface area contributed by atoms with E-state index in [1.54, 1.807) is 25.7 Å². The molecular weight excluding hydrogens is 538 g/mol. The molecule has 220 valence electrons. The molecule has 0 unspecified atom stereocenters. The molecule has 0 radical (unpaired) electrons. The summed E-state index contributed by atoms with van der Waals surface area (Å²) < 4.78 is 78.4. The minimum Gasteiger partial charge on any atom is -0.340 e. The first-order valence-electron chi connectivity index (χ1n) is 13.2. The molecule has 12 heteroatoms. The third kappa shape index (κ3) is 7.11. The number of halogens is 4. The molecule has 1 saturated heterocycles. The molecule has 1 saturated carbocycles. The Morgan fingerprint density at radius 2 is 1.77 bits per heavy atom. The normalized spacial score (nSPS) is 25.0. The van der Waals surface area contributed by atoms with Gasteiger partial charge in [0, 0.05) is 30.2 Å². The predicted octanol–water partition coefficient (Wildman–Crippen LogP) is 4.27. The maximum atomic E-state index is 13.8. The van der Waals surface area contributed by atoms with Crippen molar-refractivity contribution in [2.75, 3.05) is 19.3 Å². The van der Waals surface area contributed by atoms with Gasteiger partial charge in [-0.1, -0.05) is 0 Å². The fourth-order valence-electron chi connectivity index (χ4n) is 5.43. The van der Waals surface area contributed by atoms with Crippen molar-refractivity contribution in [3.8, 4) is 0 Å². The molecule has 7 nitrogen and oxygen atoms in total. The van der Waals surface area contributed by atoms with Gasteiger partial charge in [0.2, 0.25) is 5.91 Å². The molecule has 0 bridgehead atoms. The highest BCUT2D eigenvalue weighted by Crippen LogP contribution is 2.36. The number of carbonyl (C=O) groups is 2. The molecule has 2 amide bonds. The highest BCUT2D eigenvalue weighted by atomic mass is 32.2. The molecule has 1 aliphatic heterocycles. The van der Waals surface area contributed by atoms with Crippen molar-refractivity contribution in [1.82, 2.24) is 15.1 Å². The number of nitrogens with one attached hydrogen (secondary N) is 1. The number of hydrogen-bond donors (Lipinski definition) is 1. The van der Waals surface area contributed by atoms with Crippen molar-refractivity contribution in [2.45, 2.75) is 95.4 Å². The molecule has 1 aromatic carbocycles. The average molecular weight is 578 g/mol. The highest BCUT2D eigenvalue weighted by molar-refractivity contribution is 7.92. The maximum absolute atomic E-state index is 13.8. The van der Waals surface area contributed by atoms with Gasteiger partial charge in [-0.15, -0.1) is 0 Å². The molecule has 2 aliphatic rings. The zero-order valence-electron chi connectivity index (χ0n) is 23.3. The van der Waals surface area contributed by atoms with E-state index in [9.17, 15) is 35.6 Å². The minimum atomic E-state index is -4.83. The number of hydrogen-bond acceptors (Lipinski definition) is 5. The van der Waals surface area contributed by atoms with Gasteiger partial charge in [-0.2, -0.15) is 13.2 Å². The lowest BCUT2D eigenvalue weighted by Crippen LogP contribution is -2.53. The number of amides is 2. The van der Waals surface area contributed by atoms with Crippen LogP contribution in [0.15, 0.2) is 18.2 Å². The van der Waals surface area contributed by atoms with Crippen LogP contribution < -0.4 is 5.32 Å². The molecule has 39 heavy (non-hydrogen) atoms. The van der Waals surface area contributed by atoms with Crippen molar-refractivity contribution in [3.05, 3.63) is 35.1 Å². The van der Waals surface area contributed by atoms with Crippen LogP contribution in [0.25, 0.3) is 0 Å². The molecule has 3 rings (SSSR count). The van der Waals surface area contributed by atoms with Gasteiger partial charge in [0.1, 0.15) is 11.9 Å². The van der Waals surface area contributed by atoms with E-state index in [1.807, 2.05) is 7.05 Å². The zero-order chi connectivity index (χ0) is 29.5. The molecule has 1 aromatic rings. The predicted molar refractivity (Wildman–Crippen MR) is 140 cm³/mol. The molecule has 0 aromatic heterocycles. The first kappa shape index (κ1) is 31.3. The van der Waals surface area contributed by atoms with Gasteiger partial charge in [0.15, 0.2) is 9.84 Å². The Labute approximate surface area is 228 Å². The lowest BCUT2D eigenvalue weighted by atomic mass is 9.81. The number of alkyl halides is 3. The van der Waals surface area contributed by atoms with Crippen LogP contribution in [0.1, 0.15) is 76.2 Å². The summed E-state index contributed by atoms with van der Waals surface area (Å²) in [6.45, 7) is 9.38. The van der Waals surface area contributed by atoms with Gasteiger partial charge >= 0.3 is 6.18 Å². The van der Waals surface area contributed by atoms with E-state index in [2.05, 4.69) is 24.1 Å². The van der Waals surface area contributed by atoms with Crippen molar-refractivity contribution < 1.29 is 35.6 Å². The van der Waals surface area contributed by atoms with E-state index < -0.39 is 55.6 Å². The van der Waals surface area contributed by atoms with Crippen LogP contribution in [-0.4, -0.2) is 78.3 Å². The first-order chi connectivity index (χ1) is 17.8. The smallest absolute Gasteiger partial charge is 0.340 e. The summed E-state index contributed by atoms with van der Waals surface area (Å²) in [5, 5.41) is 2.46. The summed E-state index contributed by atoms with van der Waals surface area (Å²) >= 11 is 0. The summed E-state index contributed by atoms with van der Waals surface area (Å²) in [6, 6.07) is 0.630. The van der Waals surface area contributed by atoms with E-state index in [1.165, 1.54) is 0 Å². The Kier molecular flexibility index (Phi) is 9.11. The van der Waals surface area contributed by atoms with Gasteiger partial charge in [0.05, 0.1) is 16.1 Å². The van der Waals surface area contributed by atoms with Crippen LogP contribution in [0.4, 0.5) is 17.6 Å². The van der Waals surface area contributed by atoms with Crippen LogP contribution in [0.5, 0.6) is 0 Å². The Morgan fingerprint density at radius 1 is 1.13 bits per heavy atom. The molecule has 4 atom stereocenters. The standard InChI is InChI=1S/C27H39F4N3O4S/c1-16(2)33(6)21-7-8-23(18(13-21)15-39(37,38)26(3,4)5)34-10-9-22(25(34)36)32-24(35)17-11-19(27(29,30)31)14-20(28)12-17/h11-12,14,16,18,21-23H,7-10,13,15H2,1-6H3,(H,32,35)/t18-,21+,22-,23-/m0/s1. The fourth-order valence-corrected chi connectivity index (χ4v) is 6.85. The van der Waals surface area contributed by atoms with E-state index >= 15 is 0 Å². The second-order valence-electron chi connectivity index (χ2n) is 12.0. The zero-order valence-corrected chi connectivity index (χ0v) is 24.1. The van der Waals surface area contributed by atoms with Gasteiger partial charge in [-0.05, 0) is 91.5 Å². The quantitative estimate of drug-likeness (QED) is 0.490. The summed E-state index contributed by atoms with van der Waals surface area (Å²) in [5.74, 6) is -2.98. The number of sulfone groups is 1. The summed E-state index contributed by atoms with van der Waals surface area (Å²) in [5.41, 5.74) is -1.82. The molecule has 1 heterocycles. The Morgan fingerprint density at radius 3 is 2.33 bits per heavy atom. The Bertz CT molecular complexity index is 1180. The second kappa shape index (κ2) is 11.3. The van der Waals surface area contributed by atoms with Gasteiger partial charge < -0.3 is 15.1 Å². The SMILES string of the molecule is CC(C)N(C)[C@@H]1CC[C@H](N2CC[C@H](NC(=O)c3cc(F)cc(C(F)(F)F)c3)C2=O)[C@H](CS(=O)(=O)C(C)(C)C)C1. The summed E-state index contributed by atoms with van der Waals surface area (Å²) in [7, 11) is -1.48. The average Bonchev–Trinajstić information content (AvgIpc) is 3.16. The van der Waals surface area contributed by atoms with Crippen molar-refractivity contribution in [3.63, 3.8) is 0 Å². The third-order valence-electron chi connectivity index (χ3n) is 8.10. The molecular formula is C27H39F4N3O4S. The molecule has 2 fully saturated rings. The maximum Gasteiger partial charge on any atom is 0.416 e. The number of likely N-dealkylation sites (tertiary alicyclic amines) is 1. The van der Waals surface area contributed by atoms with Crippen LogP contribution in [0, 0.1) is 11.7 Å². The van der Waals surface area contributed by atoms with Crippen LogP contribution in [0.2, 0.25) is 0 Å². The third-order valence-corrected chi connectivity index (χ3v) is 10.8. The van der Waals surface area contributed by atoms with Gasteiger partial charge in [-0.25, -0.2) is 12.8 Å². The lowest BCUT2D eigenvalue weighted by molar-refractivity contribution is -0.138.